The van der Waals surface area contributed by atoms with Crippen molar-refractivity contribution in [2.24, 2.45) is 0 Å². The number of hydrogen-bond donors (Lipinski definition) is 1. The predicted molar refractivity (Wildman–Crippen MR) is 58.3 cm³/mol. The van der Waals surface area contributed by atoms with Gasteiger partial charge in [-0.3, -0.25) is 4.79 Å². The highest BCUT2D eigenvalue weighted by Crippen LogP contribution is 2.30. The van der Waals surface area contributed by atoms with Crippen LogP contribution in [-0.4, -0.2) is 24.0 Å². The first-order valence-electron chi connectivity index (χ1n) is 5.46. The van der Waals surface area contributed by atoms with Gasteiger partial charge in [-0.25, -0.2) is 0 Å². The van der Waals surface area contributed by atoms with Gasteiger partial charge in [0.15, 0.2) is 5.78 Å². The molecule has 3 nitrogen and oxygen atoms in total. The molecular formula is C12H17NO2. The summed E-state index contributed by atoms with van der Waals surface area (Å²) in [5.41, 5.74) is 3.06. The van der Waals surface area contributed by atoms with Gasteiger partial charge in [-0.15, -0.1) is 0 Å². The van der Waals surface area contributed by atoms with Gasteiger partial charge in [0.05, 0.1) is 0 Å². The van der Waals surface area contributed by atoms with Gasteiger partial charge in [-0.05, 0) is 38.2 Å². The van der Waals surface area contributed by atoms with Crippen molar-refractivity contribution in [1.82, 2.24) is 4.98 Å². The largest absolute Gasteiger partial charge is 0.381 e. The summed E-state index contributed by atoms with van der Waals surface area (Å²) in [6.45, 7) is 5.22. The third kappa shape index (κ3) is 1.97. The molecule has 0 aliphatic carbocycles. The van der Waals surface area contributed by atoms with E-state index in [1.807, 2.05) is 13.1 Å². The van der Waals surface area contributed by atoms with Gasteiger partial charge in [0.2, 0.25) is 0 Å². The zero-order valence-electron chi connectivity index (χ0n) is 9.30. The first-order chi connectivity index (χ1) is 7.20. The molecule has 1 aromatic rings. The van der Waals surface area contributed by atoms with Crippen molar-refractivity contribution in [1.29, 1.82) is 0 Å². The number of rotatable bonds is 2. The fourth-order valence-corrected chi connectivity index (χ4v) is 2.34. The summed E-state index contributed by atoms with van der Waals surface area (Å²) < 4.78 is 5.33. The number of nitrogens with one attached hydrogen (secondary N) is 1. The minimum Gasteiger partial charge on any atom is -0.381 e. The second-order valence-electron chi connectivity index (χ2n) is 4.19. The second-order valence-corrected chi connectivity index (χ2v) is 4.19. The van der Waals surface area contributed by atoms with Crippen molar-refractivity contribution in [2.45, 2.75) is 32.6 Å². The van der Waals surface area contributed by atoms with E-state index in [1.54, 1.807) is 6.92 Å². The number of ketones is 1. The number of aromatic amines is 1. The quantitative estimate of drug-likeness (QED) is 0.757. The van der Waals surface area contributed by atoms with Crippen LogP contribution in [0.4, 0.5) is 0 Å². The summed E-state index contributed by atoms with van der Waals surface area (Å²) in [5.74, 6) is 0.651. The maximum Gasteiger partial charge on any atom is 0.161 e. The predicted octanol–water partition coefficient (Wildman–Crippen LogP) is 2.42. The summed E-state index contributed by atoms with van der Waals surface area (Å²) in [4.78, 5) is 14.7. The maximum absolute atomic E-state index is 11.5. The molecule has 0 spiro atoms. The smallest absolute Gasteiger partial charge is 0.161 e. The minimum atomic E-state index is 0.162. The van der Waals surface area contributed by atoms with Crippen LogP contribution in [-0.2, 0) is 4.74 Å². The molecule has 0 saturated carbocycles. The van der Waals surface area contributed by atoms with Crippen LogP contribution >= 0.6 is 0 Å². The fraction of sp³-hybridized carbons (Fsp3) is 0.583. The Morgan fingerprint density at radius 3 is 2.73 bits per heavy atom. The first-order valence-corrected chi connectivity index (χ1v) is 5.46. The Kier molecular flexibility index (Phi) is 2.91. The lowest BCUT2D eigenvalue weighted by atomic mass is 9.89. The van der Waals surface area contributed by atoms with E-state index in [0.29, 0.717) is 5.92 Å². The van der Waals surface area contributed by atoms with Crippen LogP contribution in [0.3, 0.4) is 0 Å². The topological polar surface area (TPSA) is 42.1 Å². The van der Waals surface area contributed by atoms with Crippen molar-refractivity contribution >= 4 is 5.78 Å². The molecule has 2 rings (SSSR count). The summed E-state index contributed by atoms with van der Waals surface area (Å²) in [6, 6.07) is 0. The van der Waals surface area contributed by atoms with Crippen molar-refractivity contribution < 1.29 is 9.53 Å². The average molecular weight is 207 g/mol. The average Bonchev–Trinajstić information content (AvgIpc) is 2.61. The van der Waals surface area contributed by atoms with E-state index in [2.05, 4.69) is 4.98 Å². The summed E-state index contributed by atoms with van der Waals surface area (Å²) in [6.07, 6.45) is 4.04. The Morgan fingerprint density at radius 2 is 2.13 bits per heavy atom. The van der Waals surface area contributed by atoms with E-state index in [-0.39, 0.29) is 5.78 Å². The number of H-pyrrole nitrogens is 1. The highest BCUT2D eigenvalue weighted by atomic mass is 16.5. The Bertz CT molecular complexity index is 362. The second kappa shape index (κ2) is 4.19. The van der Waals surface area contributed by atoms with Crippen LogP contribution in [0, 0.1) is 6.92 Å². The van der Waals surface area contributed by atoms with Crippen molar-refractivity contribution in [3.8, 4) is 0 Å². The Morgan fingerprint density at radius 1 is 1.47 bits per heavy atom. The van der Waals surface area contributed by atoms with Gasteiger partial charge < -0.3 is 9.72 Å². The van der Waals surface area contributed by atoms with Gasteiger partial charge in [-0.2, -0.15) is 0 Å². The third-order valence-electron chi connectivity index (χ3n) is 3.12. The summed E-state index contributed by atoms with van der Waals surface area (Å²) in [7, 11) is 0. The minimum absolute atomic E-state index is 0.162. The van der Waals surface area contributed by atoms with Crippen LogP contribution in [0.1, 0.15) is 47.3 Å². The lowest BCUT2D eigenvalue weighted by molar-refractivity contribution is 0.0846. The van der Waals surface area contributed by atoms with E-state index in [0.717, 1.165) is 37.3 Å². The summed E-state index contributed by atoms with van der Waals surface area (Å²) >= 11 is 0. The van der Waals surface area contributed by atoms with Crippen LogP contribution in [0.25, 0.3) is 0 Å². The lowest BCUT2D eigenvalue weighted by Crippen LogP contribution is -2.15. The van der Waals surface area contributed by atoms with E-state index in [4.69, 9.17) is 4.74 Å². The van der Waals surface area contributed by atoms with Crippen molar-refractivity contribution in [3.05, 3.63) is 23.0 Å². The fourth-order valence-electron chi connectivity index (χ4n) is 2.34. The van der Waals surface area contributed by atoms with Gasteiger partial charge in [-0.1, -0.05) is 0 Å². The lowest BCUT2D eigenvalue weighted by Gasteiger charge is -2.22. The standard InChI is InChI=1S/C12H17NO2/c1-8-12(9(2)14)11(7-13-8)10-3-5-15-6-4-10/h7,10,13H,3-6H2,1-2H3. The van der Waals surface area contributed by atoms with E-state index in [1.165, 1.54) is 5.56 Å². The number of Topliss-reactive ketones (excluding diaryl/α,β-unsaturated/α-hetero) is 1. The Labute approximate surface area is 89.8 Å². The van der Waals surface area contributed by atoms with Crippen LogP contribution in [0.15, 0.2) is 6.20 Å². The monoisotopic (exact) mass is 207 g/mol. The molecule has 15 heavy (non-hydrogen) atoms. The molecule has 0 aromatic carbocycles. The van der Waals surface area contributed by atoms with Crippen LogP contribution < -0.4 is 0 Å². The van der Waals surface area contributed by atoms with Crippen molar-refractivity contribution in [3.63, 3.8) is 0 Å². The molecule has 0 radical (unpaired) electrons. The van der Waals surface area contributed by atoms with E-state index in [9.17, 15) is 4.79 Å². The van der Waals surface area contributed by atoms with Crippen molar-refractivity contribution in [2.75, 3.05) is 13.2 Å². The SMILES string of the molecule is CC(=O)c1c(C2CCOCC2)c[nH]c1C. The molecule has 0 unspecified atom stereocenters. The van der Waals surface area contributed by atoms with Crippen LogP contribution in [0.5, 0.6) is 0 Å². The normalized spacial score (nSPS) is 18.0. The van der Waals surface area contributed by atoms with Gasteiger partial charge in [0, 0.05) is 30.7 Å². The molecule has 1 aromatic heterocycles. The van der Waals surface area contributed by atoms with Gasteiger partial charge in [0.1, 0.15) is 0 Å². The highest BCUT2D eigenvalue weighted by molar-refractivity contribution is 5.97. The third-order valence-corrected chi connectivity index (χ3v) is 3.12. The molecule has 1 saturated heterocycles. The molecule has 0 bridgehead atoms. The molecule has 1 aliphatic heterocycles. The molecule has 3 heteroatoms. The first kappa shape index (κ1) is 10.4. The summed E-state index contributed by atoms with van der Waals surface area (Å²) in [5, 5.41) is 0. The molecule has 1 aliphatic rings. The molecule has 0 amide bonds. The van der Waals surface area contributed by atoms with E-state index < -0.39 is 0 Å². The Balaban J connectivity index is 2.30. The number of aromatic nitrogens is 1. The molecular weight excluding hydrogens is 190 g/mol. The molecule has 82 valence electrons. The zero-order valence-corrected chi connectivity index (χ0v) is 9.30. The number of ether oxygens (including phenoxy) is 1. The molecule has 0 atom stereocenters. The van der Waals surface area contributed by atoms with Gasteiger partial charge >= 0.3 is 0 Å². The molecule has 2 heterocycles. The van der Waals surface area contributed by atoms with Gasteiger partial charge in [0.25, 0.3) is 0 Å². The Hall–Kier alpha value is -1.09. The molecule has 1 fully saturated rings. The number of aryl methyl sites for hydroxylation is 1. The van der Waals surface area contributed by atoms with Crippen LogP contribution in [0.2, 0.25) is 0 Å². The van der Waals surface area contributed by atoms with E-state index >= 15 is 0 Å². The molecule has 1 N–H and O–H groups in total. The number of carbonyl (C=O) groups is 1. The highest BCUT2D eigenvalue weighted by Gasteiger charge is 2.22. The zero-order chi connectivity index (χ0) is 10.8. The number of carbonyl (C=O) groups excluding carboxylic acids is 1. The maximum atomic E-state index is 11.5. The number of hydrogen-bond acceptors (Lipinski definition) is 2.